The van der Waals surface area contributed by atoms with Crippen LogP contribution in [0.1, 0.15) is 106 Å². The Kier molecular flexibility index (Phi) is 7.24. The summed E-state index contributed by atoms with van der Waals surface area (Å²) in [6.07, 6.45) is 13.1. The molecule has 0 aromatic rings. The van der Waals surface area contributed by atoms with Gasteiger partial charge in [-0.15, -0.1) is 0 Å². The van der Waals surface area contributed by atoms with E-state index in [1.807, 2.05) is 6.92 Å². The van der Waals surface area contributed by atoms with E-state index in [0.717, 1.165) is 36.0 Å². The van der Waals surface area contributed by atoms with Crippen LogP contribution in [0.4, 0.5) is 0 Å². The number of hydrogen-bond donors (Lipinski definition) is 1. The minimum Gasteiger partial charge on any atom is -0.481 e. The molecule has 3 aliphatic carbocycles. The van der Waals surface area contributed by atoms with E-state index in [-0.39, 0.29) is 0 Å². The number of fused-ring (bicyclic) bond motifs is 3. The van der Waals surface area contributed by atoms with Gasteiger partial charge in [0.2, 0.25) is 0 Å². The van der Waals surface area contributed by atoms with Gasteiger partial charge in [-0.25, -0.2) is 0 Å². The number of rotatable bonds is 2. The molecule has 1 N–H and O–H groups in total. The second kappa shape index (κ2) is 8.65. The monoisotopic (exact) mass is 364 g/mol. The maximum atomic E-state index is 9.60. The largest absolute Gasteiger partial charge is 0.481 e. The highest BCUT2D eigenvalue weighted by atomic mass is 16.4. The van der Waals surface area contributed by atoms with Crippen molar-refractivity contribution in [2.45, 2.75) is 106 Å². The van der Waals surface area contributed by atoms with Crippen LogP contribution in [0.5, 0.6) is 0 Å². The Balaban J connectivity index is 0.000000352. The van der Waals surface area contributed by atoms with E-state index >= 15 is 0 Å². The summed E-state index contributed by atoms with van der Waals surface area (Å²) in [4.78, 5) is 9.60. The maximum Gasteiger partial charge on any atom is 0.303 e. The number of hydrogen-bond acceptors (Lipinski definition) is 1. The maximum absolute atomic E-state index is 9.60. The smallest absolute Gasteiger partial charge is 0.303 e. The molecule has 0 saturated heterocycles. The Morgan fingerprint density at radius 3 is 2.19 bits per heavy atom. The van der Waals surface area contributed by atoms with E-state index < -0.39 is 5.97 Å². The molecule has 3 rings (SSSR count). The van der Waals surface area contributed by atoms with Gasteiger partial charge in [0.25, 0.3) is 0 Å². The van der Waals surface area contributed by atoms with Crippen molar-refractivity contribution in [2.75, 3.05) is 0 Å². The van der Waals surface area contributed by atoms with E-state index in [1.54, 1.807) is 0 Å². The highest BCUT2D eigenvalue weighted by molar-refractivity contribution is 5.66. The van der Waals surface area contributed by atoms with Crippen molar-refractivity contribution in [1.82, 2.24) is 0 Å². The van der Waals surface area contributed by atoms with Crippen LogP contribution in [-0.4, -0.2) is 11.1 Å². The van der Waals surface area contributed by atoms with Crippen molar-refractivity contribution >= 4 is 5.97 Å². The average molecular weight is 365 g/mol. The lowest BCUT2D eigenvalue weighted by atomic mass is 9.48. The van der Waals surface area contributed by atoms with E-state index in [2.05, 4.69) is 34.6 Å². The van der Waals surface area contributed by atoms with Gasteiger partial charge in [0.15, 0.2) is 0 Å². The van der Waals surface area contributed by atoms with E-state index in [9.17, 15) is 4.79 Å². The van der Waals surface area contributed by atoms with Crippen molar-refractivity contribution < 1.29 is 9.90 Å². The summed E-state index contributed by atoms with van der Waals surface area (Å²) >= 11 is 0. The minimum atomic E-state index is -0.711. The van der Waals surface area contributed by atoms with Gasteiger partial charge in [0.1, 0.15) is 0 Å². The quantitative estimate of drug-likeness (QED) is 0.563. The summed E-state index contributed by atoms with van der Waals surface area (Å²) in [6.45, 7) is 14.8. The fraction of sp³-hybridized carbons (Fsp3) is 0.958. The zero-order chi connectivity index (χ0) is 19.5. The molecular formula is C24H44O2. The Hall–Kier alpha value is -0.530. The van der Waals surface area contributed by atoms with Gasteiger partial charge in [-0.3, -0.25) is 4.79 Å². The summed E-state index contributed by atoms with van der Waals surface area (Å²) in [5.74, 6) is 4.21. The van der Waals surface area contributed by atoms with Crippen LogP contribution in [0.15, 0.2) is 0 Å². The number of aliphatic carboxylic acids is 1. The molecule has 2 bridgehead atoms. The standard InChI is InChI=1S/C20H36.C4H8O2/c1-14-7-6-11-20(5)12-10-17-15(2)8-9-16(13-18(14)20)19(17,3)4;1-2-3-4(5)6/h14-18H,6-13H2,1-5H3;2-3H2,1H3,(H,5,6)/t14-,15-,16+,17+,18-,20+;/m1./s1. The van der Waals surface area contributed by atoms with Gasteiger partial charge >= 0.3 is 5.97 Å². The Morgan fingerprint density at radius 2 is 1.62 bits per heavy atom. The van der Waals surface area contributed by atoms with E-state index in [4.69, 9.17) is 5.11 Å². The van der Waals surface area contributed by atoms with Crippen LogP contribution in [-0.2, 0) is 4.79 Å². The zero-order valence-corrected chi connectivity index (χ0v) is 18.3. The third-order valence-electron chi connectivity index (χ3n) is 8.68. The van der Waals surface area contributed by atoms with Crippen molar-refractivity contribution in [1.29, 1.82) is 0 Å². The Bertz CT molecular complexity index is 469. The topological polar surface area (TPSA) is 37.3 Å². The van der Waals surface area contributed by atoms with Crippen molar-refractivity contribution in [3.63, 3.8) is 0 Å². The fourth-order valence-corrected chi connectivity index (χ4v) is 6.89. The van der Waals surface area contributed by atoms with Gasteiger partial charge in [-0.05, 0) is 78.9 Å². The first-order valence-electron chi connectivity index (χ1n) is 11.3. The fourth-order valence-electron chi connectivity index (χ4n) is 6.89. The van der Waals surface area contributed by atoms with Crippen LogP contribution in [0.25, 0.3) is 0 Å². The first-order chi connectivity index (χ1) is 12.1. The lowest BCUT2D eigenvalue weighted by Crippen LogP contribution is -2.48. The molecule has 0 aromatic carbocycles. The van der Waals surface area contributed by atoms with Crippen molar-refractivity contribution in [2.24, 2.45) is 40.4 Å². The highest BCUT2D eigenvalue weighted by Gasteiger charge is 2.50. The molecule has 152 valence electrons. The van der Waals surface area contributed by atoms with Gasteiger partial charge in [0.05, 0.1) is 0 Å². The third-order valence-corrected chi connectivity index (χ3v) is 8.68. The van der Waals surface area contributed by atoms with Gasteiger partial charge in [-0.2, -0.15) is 0 Å². The van der Waals surface area contributed by atoms with Gasteiger partial charge in [-0.1, -0.05) is 60.8 Å². The zero-order valence-electron chi connectivity index (χ0n) is 18.3. The molecule has 2 heteroatoms. The lowest BCUT2D eigenvalue weighted by molar-refractivity contribution is -0.137. The molecule has 3 aliphatic rings. The second-order valence-corrected chi connectivity index (χ2v) is 10.7. The molecule has 0 heterocycles. The summed E-state index contributed by atoms with van der Waals surface area (Å²) in [5, 5.41) is 7.91. The molecule has 26 heavy (non-hydrogen) atoms. The molecule has 0 amide bonds. The molecule has 0 radical (unpaired) electrons. The molecule has 2 nitrogen and oxygen atoms in total. The first kappa shape index (κ1) is 21.8. The summed E-state index contributed by atoms with van der Waals surface area (Å²) in [6, 6.07) is 0. The van der Waals surface area contributed by atoms with Gasteiger partial charge < -0.3 is 5.11 Å². The van der Waals surface area contributed by atoms with Gasteiger partial charge in [0, 0.05) is 6.42 Å². The molecule has 0 spiro atoms. The predicted molar refractivity (Wildman–Crippen MR) is 110 cm³/mol. The Morgan fingerprint density at radius 1 is 0.962 bits per heavy atom. The third kappa shape index (κ3) is 4.65. The average Bonchev–Trinajstić information content (AvgIpc) is 2.52. The highest BCUT2D eigenvalue weighted by Crippen LogP contribution is 2.60. The first-order valence-corrected chi connectivity index (χ1v) is 11.3. The van der Waals surface area contributed by atoms with E-state index in [1.165, 1.54) is 51.4 Å². The summed E-state index contributed by atoms with van der Waals surface area (Å²) < 4.78 is 0. The molecule has 0 aromatic heterocycles. The molecule has 6 atom stereocenters. The van der Waals surface area contributed by atoms with Crippen LogP contribution in [0, 0.1) is 40.4 Å². The van der Waals surface area contributed by atoms with Crippen molar-refractivity contribution in [3.05, 3.63) is 0 Å². The van der Waals surface area contributed by atoms with E-state index in [0.29, 0.717) is 17.3 Å². The van der Waals surface area contributed by atoms with Crippen LogP contribution >= 0.6 is 0 Å². The predicted octanol–water partition coefficient (Wildman–Crippen LogP) is 7.17. The minimum absolute atomic E-state index is 0.292. The summed E-state index contributed by atoms with van der Waals surface area (Å²) in [5.41, 5.74) is 1.26. The second-order valence-electron chi connectivity index (χ2n) is 10.7. The molecular weight excluding hydrogens is 320 g/mol. The Labute approximate surface area is 162 Å². The molecule has 0 unspecified atom stereocenters. The normalized spacial score (nSPS) is 41.7. The molecule has 0 aliphatic heterocycles. The molecule has 3 saturated carbocycles. The SMILES string of the molecule is CCCC(=O)O.C[C@@H]1CCC[C@@]2(C)CC[C@H]3[C@H](C)CC[C@@H](C[C@H]12)C3(C)C. The number of carboxylic acids is 1. The number of carboxylic acid groups (broad SMARTS) is 1. The number of carbonyl (C=O) groups is 1. The molecule has 3 fully saturated rings. The van der Waals surface area contributed by atoms with Crippen LogP contribution in [0.3, 0.4) is 0 Å². The van der Waals surface area contributed by atoms with Crippen LogP contribution < -0.4 is 0 Å². The summed E-state index contributed by atoms with van der Waals surface area (Å²) in [7, 11) is 0. The lowest BCUT2D eigenvalue weighted by Gasteiger charge is -2.57. The van der Waals surface area contributed by atoms with Crippen LogP contribution in [0.2, 0.25) is 0 Å². The van der Waals surface area contributed by atoms with Crippen molar-refractivity contribution in [3.8, 4) is 0 Å².